The van der Waals surface area contributed by atoms with Crippen molar-refractivity contribution in [2.24, 2.45) is 0 Å². The first-order chi connectivity index (χ1) is 18.3. The number of aromatic amines is 1. The number of likely N-dealkylation sites (tertiary alicyclic amines) is 1. The third-order valence-electron chi connectivity index (χ3n) is 6.67. The molecule has 1 aromatic heterocycles. The number of carbonyl (C=O) groups is 1. The molecule has 9 nitrogen and oxygen atoms in total. The Morgan fingerprint density at radius 3 is 2.66 bits per heavy atom. The molecule has 11 heteroatoms. The van der Waals surface area contributed by atoms with Crippen LogP contribution >= 0.6 is 23.2 Å². The maximum atomic E-state index is 13.8. The van der Waals surface area contributed by atoms with Crippen LogP contribution in [0.2, 0.25) is 10.0 Å². The van der Waals surface area contributed by atoms with Crippen molar-refractivity contribution in [1.29, 1.82) is 0 Å². The Bertz CT molecular complexity index is 1590. The normalized spacial score (nSPS) is 15.1. The predicted molar refractivity (Wildman–Crippen MR) is 148 cm³/mol. The minimum Gasteiger partial charge on any atom is -0.336 e. The van der Waals surface area contributed by atoms with Gasteiger partial charge in [-0.1, -0.05) is 53.5 Å². The second kappa shape index (κ2) is 10.8. The van der Waals surface area contributed by atoms with E-state index in [2.05, 4.69) is 15.3 Å². The van der Waals surface area contributed by atoms with Gasteiger partial charge in [-0.2, -0.15) is 0 Å². The van der Waals surface area contributed by atoms with E-state index in [0.717, 1.165) is 31.7 Å². The summed E-state index contributed by atoms with van der Waals surface area (Å²) in [6.45, 7) is 0.528. The molecular weight excluding hydrogens is 529 g/mol. The third kappa shape index (κ3) is 5.34. The number of carbonyl (C=O) groups excluding carboxylic acids is 1. The largest absolute Gasteiger partial charge is 0.336 e. The van der Waals surface area contributed by atoms with Gasteiger partial charge >= 0.3 is 0 Å². The molecular formula is C27H23Cl2N5O4. The fourth-order valence-electron chi connectivity index (χ4n) is 4.80. The number of nitro benzene ring substituents is 1. The average Bonchev–Trinajstić information content (AvgIpc) is 3.38. The number of nitrogens with zero attached hydrogens (tertiary/aromatic N) is 3. The van der Waals surface area contributed by atoms with Crippen molar-refractivity contribution in [2.45, 2.75) is 31.7 Å². The SMILES string of the molecule is O=C(c1cc([N+](=O)[O-])cc2c(=O)[nH]c(Nc3ccc(Cl)c(Cl)c3)nc12)N1CCCC1CCc1ccccc1. The Morgan fingerprint density at radius 1 is 1.13 bits per heavy atom. The number of nitrogens with one attached hydrogen (secondary N) is 2. The smallest absolute Gasteiger partial charge is 0.271 e. The zero-order valence-corrected chi connectivity index (χ0v) is 21.6. The van der Waals surface area contributed by atoms with Crippen LogP contribution in [-0.2, 0) is 6.42 Å². The molecule has 1 saturated heterocycles. The molecule has 38 heavy (non-hydrogen) atoms. The molecule has 0 radical (unpaired) electrons. The lowest BCUT2D eigenvalue weighted by Crippen LogP contribution is -2.36. The lowest BCUT2D eigenvalue weighted by Gasteiger charge is -2.25. The van der Waals surface area contributed by atoms with Crippen LogP contribution in [0.15, 0.2) is 65.5 Å². The molecule has 1 unspecified atom stereocenters. The van der Waals surface area contributed by atoms with E-state index in [9.17, 15) is 19.7 Å². The highest BCUT2D eigenvalue weighted by atomic mass is 35.5. The molecule has 2 N–H and O–H groups in total. The molecule has 1 aliphatic heterocycles. The van der Waals surface area contributed by atoms with Crippen LogP contribution in [-0.4, -0.2) is 38.3 Å². The van der Waals surface area contributed by atoms with E-state index >= 15 is 0 Å². The quantitative estimate of drug-likeness (QED) is 0.211. The van der Waals surface area contributed by atoms with E-state index in [4.69, 9.17) is 23.2 Å². The van der Waals surface area contributed by atoms with E-state index in [-0.39, 0.29) is 40.1 Å². The number of non-ortho nitro benzene ring substituents is 1. The highest BCUT2D eigenvalue weighted by Crippen LogP contribution is 2.30. The molecule has 0 saturated carbocycles. The summed E-state index contributed by atoms with van der Waals surface area (Å²) in [7, 11) is 0. The first kappa shape index (κ1) is 25.7. The summed E-state index contributed by atoms with van der Waals surface area (Å²) >= 11 is 12.1. The topological polar surface area (TPSA) is 121 Å². The molecule has 3 aromatic carbocycles. The van der Waals surface area contributed by atoms with Crippen molar-refractivity contribution in [2.75, 3.05) is 11.9 Å². The highest BCUT2D eigenvalue weighted by Gasteiger charge is 2.32. The highest BCUT2D eigenvalue weighted by molar-refractivity contribution is 6.42. The van der Waals surface area contributed by atoms with Gasteiger partial charge < -0.3 is 10.2 Å². The Kier molecular flexibility index (Phi) is 7.31. The van der Waals surface area contributed by atoms with Crippen molar-refractivity contribution in [3.63, 3.8) is 0 Å². The van der Waals surface area contributed by atoms with Gasteiger partial charge in [0.25, 0.3) is 17.2 Å². The summed E-state index contributed by atoms with van der Waals surface area (Å²) in [6.07, 6.45) is 3.24. The van der Waals surface area contributed by atoms with E-state index in [0.29, 0.717) is 22.3 Å². The van der Waals surface area contributed by atoms with Gasteiger partial charge in [0.15, 0.2) is 0 Å². The van der Waals surface area contributed by atoms with Crippen LogP contribution in [0.25, 0.3) is 10.9 Å². The van der Waals surface area contributed by atoms with E-state index in [1.807, 2.05) is 30.3 Å². The molecule has 1 fully saturated rings. The number of hydrogen-bond donors (Lipinski definition) is 2. The van der Waals surface area contributed by atoms with Gasteiger partial charge in [-0.15, -0.1) is 0 Å². The van der Waals surface area contributed by atoms with Crippen LogP contribution in [0, 0.1) is 10.1 Å². The number of nitro groups is 1. The van der Waals surface area contributed by atoms with Crippen molar-refractivity contribution in [3.05, 3.63) is 102 Å². The van der Waals surface area contributed by atoms with Gasteiger partial charge in [0, 0.05) is 30.4 Å². The summed E-state index contributed by atoms with van der Waals surface area (Å²) in [6, 6.07) is 17.1. The minimum absolute atomic E-state index is 0.0177. The Labute approximate surface area is 227 Å². The van der Waals surface area contributed by atoms with Gasteiger partial charge in [-0.3, -0.25) is 24.7 Å². The number of hydrogen-bond acceptors (Lipinski definition) is 6. The third-order valence-corrected chi connectivity index (χ3v) is 7.40. The second-order valence-electron chi connectivity index (χ2n) is 9.13. The Balaban J connectivity index is 1.51. The molecule has 1 atom stereocenters. The van der Waals surface area contributed by atoms with Gasteiger partial charge in [-0.05, 0) is 49.4 Å². The van der Waals surface area contributed by atoms with E-state index < -0.39 is 10.5 Å². The molecule has 1 amide bonds. The average molecular weight is 552 g/mol. The summed E-state index contributed by atoms with van der Waals surface area (Å²) in [5.41, 5.74) is 0.830. The number of rotatable bonds is 7. The number of amides is 1. The second-order valence-corrected chi connectivity index (χ2v) is 9.95. The number of halogens is 2. The summed E-state index contributed by atoms with van der Waals surface area (Å²) < 4.78 is 0. The molecule has 1 aliphatic rings. The van der Waals surface area contributed by atoms with Gasteiger partial charge in [0.2, 0.25) is 5.95 Å². The Hall–Kier alpha value is -3.95. The van der Waals surface area contributed by atoms with Crippen molar-refractivity contribution < 1.29 is 9.72 Å². The van der Waals surface area contributed by atoms with E-state index in [1.54, 1.807) is 23.1 Å². The molecule has 0 bridgehead atoms. The first-order valence-corrected chi connectivity index (χ1v) is 12.8. The Morgan fingerprint density at radius 2 is 1.92 bits per heavy atom. The standard InChI is InChI=1S/C27H23Cl2N5O4/c28-22-11-9-17(13-23(22)29)30-27-31-24-20(25(35)32-27)14-19(34(37)38)15-21(24)26(36)33-12-4-7-18(33)10-8-16-5-2-1-3-6-16/h1-3,5-6,9,11,13-15,18H,4,7-8,10,12H2,(H2,30,31,32,35). The van der Waals surface area contributed by atoms with Crippen LogP contribution < -0.4 is 10.9 Å². The number of anilines is 2. The van der Waals surface area contributed by atoms with Crippen LogP contribution in [0.5, 0.6) is 0 Å². The van der Waals surface area contributed by atoms with Crippen LogP contribution in [0.1, 0.15) is 35.2 Å². The fourth-order valence-corrected chi connectivity index (χ4v) is 5.10. The van der Waals surface area contributed by atoms with Crippen molar-refractivity contribution in [3.8, 4) is 0 Å². The summed E-state index contributed by atoms with van der Waals surface area (Å²) in [5.74, 6) is -0.321. The van der Waals surface area contributed by atoms with Gasteiger partial charge in [-0.25, -0.2) is 4.98 Å². The number of benzene rings is 3. The zero-order valence-electron chi connectivity index (χ0n) is 20.1. The number of aromatic nitrogens is 2. The monoisotopic (exact) mass is 551 g/mol. The number of fused-ring (bicyclic) bond motifs is 1. The van der Waals surface area contributed by atoms with Crippen LogP contribution in [0.3, 0.4) is 0 Å². The predicted octanol–water partition coefficient (Wildman–Crippen LogP) is 6.12. The van der Waals surface area contributed by atoms with E-state index in [1.165, 1.54) is 11.6 Å². The minimum atomic E-state index is -0.617. The van der Waals surface area contributed by atoms with Crippen LogP contribution in [0.4, 0.5) is 17.3 Å². The van der Waals surface area contributed by atoms with Gasteiger partial charge in [0.1, 0.15) is 0 Å². The molecule has 5 rings (SSSR count). The zero-order chi connectivity index (χ0) is 26.8. The fraction of sp³-hybridized carbons (Fsp3) is 0.222. The summed E-state index contributed by atoms with van der Waals surface area (Å²) in [4.78, 5) is 46.6. The maximum Gasteiger partial charge on any atom is 0.271 e. The molecule has 0 spiro atoms. The van der Waals surface area contributed by atoms with Gasteiger partial charge in [0.05, 0.1) is 31.4 Å². The number of H-pyrrole nitrogens is 1. The first-order valence-electron chi connectivity index (χ1n) is 12.1. The molecule has 4 aromatic rings. The van der Waals surface area contributed by atoms with Crippen molar-refractivity contribution in [1.82, 2.24) is 14.9 Å². The van der Waals surface area contributed by atoms with Crippen molar-refractivity contribution >= 4 is 57.3 Å². The maximum absolute atomic E-state index is 13.8. The lowest BCUT2D eigenvalue weighted by molar-refractivity contribution is -0.384. The summed E-state index contributed by atoms with van der Waals surface area (Å²) in [5, 5.41) is 15.2. The molecule has 194 valence electrons. The molecule has 0 aliphatic carbocycles. The lowest BCUT2D eigenvalue weighted by atomic mass is 10.0. The number of aryl methyl sites for hydroxylation is 1. The molecule has 2 heterocycles.